The lowest BCUT2D eigenvalue weighted by Gasteiger charge is -2.23. The van der Waals surface area contributed by atoms with Gasteiger partial charge in [-0.25, -0.2) is 4.39 Å². The molecule has 0 aliphatic heterocycles. The zero-order chi connectivity index (χ0) is 13.8. The zero-order valence-corrected chi connectivity index (χ0v) is 12.1. The fraction of sp³-hybridized carbons (Fsp3) is 0.333. The van der Waals surface area contributed by atoms with Crippen molar-refractivity contribution in [1.29, 1.82) is 0 Å². The van der Waals surface area contributed by atoms with Crippen LogP contribution in [0.2, 0.25) is 0 Å². The van der Waals surface area contributed by atoms with Crippen LogP contribution in [0, 0.1) is 12.7 Å². The van der Waals surface area contributed by atoms with E-state index in [4.69, 9.17) is 5.73 Å². The van der Waals surface area contributed by atoms with Crippen LogP contribution in [0.15, 0.2) is 30.3 Å². The number of halogens is 1. The number of hydrogen-bond donors (Lipinski definition) is 1. The van der Waals surface area contributed by atoms with Crippen LogP contribution in [0.25, 0.3) is 0 Å². The fourth-order valence-electron chi connectivity index (χ4n) is 2.09. The summed E-state index contributed by atoms with van der Waals surface area (Å²) in [5, 5.41) is 0. The summed E-state index contributed by atoms with van der Waals surface area (Å²) in [7, 11) is 0. The van der Waals surface area contributed by atoms with Crippen molar-refractivity contribution in [3.8, 4) is 0 Å². The number of aryl methyl sites for hydroxylation is 1. The molecule has 2 rings (SSSR count). The highest BCUT2D eigenvalue weighted by Gasteiger charge is 2.10. The molecule has 102 valence electrons. The van der Waals surface area contributed by atoms with E-state index in [0.29, 0.717) is 6.54 Å². The van der Waals surface area contributed by atoms with Gasteiger partial charge < -0.3 is 10.6 Å². The van der Waals surface area contributed by atoms with E-state index >= 15 is 0 Å². The van der Waals surface area contributed by atoms with Gasteiger partial charge in [-0.2, -0.15) is 0 Å². The molecule has 0 amide bonds. The van der Waals surface area contributed by atoms with Crippen LogP contribution in [0.5, 0.6) is 0 Å². The molecule has 19 heavy (non-hydrogen) atoms. The van der Waals surface area contributed by atoms with Gasteiger partial charge in [0.1, 0.15) is 5.82 Å². The Balaban J connectivity index is 2.18. The molecule has 0 spiro atoms. The monoisotopic (exact) mass is 278 g/mol. The van der Waals surface area contributed by atoms with Gasteiger partial charge in [-0.15, -0.1) is 11.3 Å². The Kier molecular flexibility index (Phi) is 4.56. The second-order valence-corrected chi connectivity index (χ2v) is 5.83. The molecule has 2 aromatic rings. The number of anilines is 1. The lowest BCUT2D eigenvalue weighted by atomic mass is 10.2. The summed E-state index contributed by atoms with van der Waals surface area (Å²) in [4.78, 5) is 4.75. The van der Waals surface area contributed by atoms with Gasteiger partial charge in [0, 0.05) is 35.1 Å². The first-order chi connectivity index (χ1) is 9.13. The van der Waals surface area contributed by atoms with Crippen molar-refractivity contribution in [1.82, 2.24) is 0 Å². The predicted molar refractivity (Wildman–Crippen MR) is 80.1 cm³/mol. The Bertz CT molecular complexity index is 534. The molecule has 4 heteroatoms. The van der Waals surface area contributed by atoms with Gasteiger partial charge in [0.05, 0.1) is 0 Å². The van der Waals surface area contributed by atoms with Crippen molar-refractivity contribution < 1.29 is 4.39 Å². The number of rotatable bonds is 5. The number of thiophene rings is 1. The van der Waals surface area contributed by atoms with E-state index in [1.54, 1.807) is 11.3 Å². The van der Waals surface area contributed by atoms with Crippen LogP contribution in [0.3, 0.4) is 0 Å². The van der Waals surface area contributed by atoms with Crippen LogP contribution in [-0.2, 0) is 13.1 Å². The maximum atomic E-state index is 13.0. The lowest BCUT2D eigenvalue weighted by molar-refractivity contribution is 0.627. The summed E-state index contributed by atoms with van der Waals surface area (Å²) in [5.41, 5.74) is 8.03. The Morgan fingerprint density at radius 3 is 2.47 bits per heavy atom. The molecule has 1 aromatic carbocycles. The molecule has 0 aliphatic carbocycles. The molecule has 0 bridgehead atoms. The van der Waals surface area contributed by atoms with Crippen molar-refractivity contribution in [3.05, 3.63) is 51.5 Å². The molecule has 2 N–H and O–H groups in total. The SMILES string of the molecule is CCN(Cc1cc(CN)sc1C)c1ccc(F)cc1. The van der Waals surface area contributed by atoms with Crippen LogP contribution < -0.4 is 10.6 Å². The summed E-state index contributed by atoms with van der Waals surface area (Å²) in [5.74, 6) is -0.197. The lowest BCUT2D eigenvalue weighted by Crippen LogP contribution is -2.22. The van der Waals surface area contributed by atoms with E-state index in [1.165, 1.54) is 27.5 Å². The minimum absolute atomic E-state index is 0.197. The molecule has 0 fully saturated rings. The second-order valence-electron chi connectivity index (χ2n) is 4.49. The van der Waals surface area contributed by atoms with Crippen LogP contribution in [0.4, 0.5) is 10.1 Å². The van der Waals surface area contributed by atoms with Gasteiger partial charge in [-0.1, -0.05) is 0 Å². The molecule has 0 saturated carbocycles. The first-order valence-corrected chi connectivity index (χ1v) is 7.24. The molecule has 0 saturated heterocycles. The number of benzene rings is 1. The minimum Gasteiger partial charge on any atom is -0.367 e. The van der Waals surface area contributed by atoms with Crippen molar-refractivity contribution >= 4 is 17.0 Å². The zero-order valence-electron chi connectivity index (χ0n) is 11.3. The van der Waals surface area contributed by atoms with E-state index in [1.807, 2.05) is 12.1 Å². The van der Waals surface area contributed by atoms with E-state index in [2.05, 4.69) is 24.8 Å². The summed E-state index contributed by atoms with van der Waals surface area (Å²) >= 11 is 1.75. The highest BCUT2D eigenvalue weighted by Crippen LogP contribution is 2.25. The average Bonchev–Trinajstić information content (AvgIpc) is 2.78. The van der Waals surface area contributed by atoms with Crippen molar-refractivity contribution in [2.45, 2.75) is 26.9 Å². The van der Waals surface area contributed by atoms with Crippen LogP contribution in [-0.4, -0.2) is 6.54 Å². The summed E-state index contributed by atoms with van der Waals surface area (Å²) in [6, 6.07) is 8.83. The topological polar surface area (TPSA) is 29.3 Å². The van der Waals surface area contributed by atoms with Crippen LogP contribution >= 0.6 is 11.3 Å². The molecule has 0 aliphatic rings. The van der Waals surface area contributed by atoms with Gasteiger partial charge in [0.15, 0.2) is 0 Å². The smallest absolute Gasteiger partial charge is 0.123 e. The first-order valence-electron chi connectivity index (χ1n) is 6.42. The van der Waals surface area contributed by atoms with E-state index < -0.39 is 0 Å². The van der Waals surface area contributed by atoms with E-state index in [-0.39, 0.29) is 5.82 Å². The van der Waals surface area contributed by atoms with E-state index in [0.717, 1.165) is 18.8 Å². The third-order valence-corrected chi connectivity index (χ3v) is 4.32. The van der Waals surface area contributed by atoms with Gasteiger partial charge in [-0.3, -0.25) is 0 Å². The molecule has 1 aromatic heterocycles. The van der Waals surface area contributed by atoms with Gasteiger partial charge in [0.2, 0.25) is 0 Å². The molecular weight excluding hydrogens is 259 g/mol. The number of nitrogens with two attached hydrogens (primary N) is 1. The van der Waals surface area contributed by atoms with E-state index in [9.17, 15) is 4.39 Å². The number of nitrogens with zero attached hydrogens (tertiary/aromatic N) is 1. The standard InChI is InChI=1S/C15H19FN2S/c1-3-18(14-6-4-13(16)5-7-14)10-12-8-15(9-17)19-11(12)2/h4-8H,3,9-10,17H2,1-2H3. The summed E-state index contributed by atoms with van der Waals surface area (Å²) < 4.78 is 13.0. The average molecular weight is 278 g/mol. The van der Waals surface area contributed by atoms with Crippen LogP contribution in [0.1, 0.15) is 22.2 Å². The van der Waals surface area contributed by atoms with Crippen molar-refractivity contribution in [2.24, 2.45) is 5.73 Å². The molecule has 2 nitrogen and oxygen atoms in total. The highest BCUT2D eigenvalue weighted by molar-refractivity contribution is 7.12. The highest BCUT2D eigenvalue weighted by atomic mass is 32.1. The third kappa shape index (κ3) is 3.33. The molecule has 0 atom stereocenters. The van der Waals surface area contributed by atoms with Gasteiger partial charge in [-0.05, 0) is 49.7 Å². The molecule has 1 heterocycles. The largest absolute Gasteiger partial charge is 0.367 e. The quantitative estimate of drug-likeness (QED) is 0.904. The molecule has 0 unspecified atom stereocenters. The Morgan fingerprint density at radius 2 is 1.95 bits per heavy atom. The summed E-state index contributed by atoms with van der Waals surface area (Å²) in [6.45, 7) is 6.55. The Hall–Kier alpha value is -1.39. The minimum atomic E-state index is -0.197. The fourth-order valence-corrected chi connectivity index (χ4v) is 3.02. The maximum absolute atomic E-state index is 13.0. The normalized spacial score (nSPS) is 10.7. The van der Waals surface area contributed by atoms with Gasteiger partial charge in [0.25, 0.3) is 0 Å². The Labute approximate surface area is 117 Å². The summed E-state index contributed by atoms with van der Waals surface area (Å²) in [6.07, 6.45) is 0. The maximum Gasteiger partial charge on any atom is 0.123 e. The van der Waals surface area contributed by atoms with Crippen molar-refractivity contribution in [3.63, 3.8) is 0 Å². The molecular formula is C15H19FN2S. The predicted octanol–water partition coefficient (Wildman–Crippen LogP) is 3.68. The Morgan fingerprint density at radius 1 is 1.26 bits per heavy atom. The first kappa shape index (κ1) is 14.0. The third-order valence-electron chi connectivity index (χ3n) is 3.21. The van der Waals surface area contributed by atoms with Crippen molar-refractivity contribution in [2.75, 3.05) is 11.4 Å². The second kappa shape index (κ2) is 6.17. The number of hydrogen-bond acceptors (Lipinski definition) is 3. The molecule has 0 radical (unpaired) electrons. The van der Waals surface area contributed by atoms with Gasteiger partial charge >= 0.3 is 0 Å².